The lowest BCUT2D eigenvalue weighted by Gasteiger charge is -2.39. The number of nitriles is 1. The van der Waals surface area contributed by atoms with Gasteiger partial charge in [-0.2, -0.15) is 5.26 Å². The van der Waals surface area contributed by atoms with Crippen LogP contribution in [0, 0.1) is 17.2 Å². The topological polar surface area (TPSA) is 91.3 Å². The molecule has 2 heterocycles. The number of para-hydroxylation sites is 1. The number of benzene rings is 1. The lowest BCUT2D eigenvalue weighted by Crippen LogP contribution is -2.51. The third-order valence-electron chi connectivity index (χ3n) is 4.99. The van der Waals surface area contributed by atoms with Crippen LogP contribution in [-0.4, -0.2) is 11.7 Å². The Labute approximate surface area is 128 Å². The number of aliphatic imine (C=N–C) groups is 1. The number of allylic oxidation sites excluding steroid dienone is 1. The monoisotopic (exact) mass is 292 g/mol. The van der Waals surface area contributed by atoms with Crippen molar-refractivity contribution in [1.29, 1.82) is 5.26 Å². The SMILES string of the molecule is N#CC1C(N)=NC2=C(CCCC2)[C@@]12C(=O)Nc1ccccc12. The van der Waals surface area contributed by atoms with Gasteiger partial charge in [-0.25, -0.2) is 4.99 Å². The molecule has 0 fully saturated rings. The Morgan fingerprint density at radius 3 is 2.91 bits per heavy atom. The van der Waals surface area contributed by atoms with Gasteiger partial charge in [0, 0.05) is 11.4 Å². The fourth-order valence-corrected chi connectivity index (χ4v) is 4.08. The van der Waals surface area contributed by atoms with Crippen LogP contribution in [0.25, 0.3) is 0 Å². The van der Waals surface area contributed by atoms with Crippen molar-refractivity contribution in [3.05, 3.63) is 41.1 Å². The van der Waals surface area contributed by atoms with E-state index in [4.69, 9.17) is 5.73 Å². The zero-order valence-corrected chi connectivity index (χ0v) is 12.1. The molecular formula is C17H16N4O. The molecule has 0 radical (unpaired) electrons. The van der Waals surface area contributed by atoms with Crippen LogP contribution in [0.4, 0.5) is 5.69 Å². The first-order chi connectivity index (χ1) is 10.7. The Morgan fingerprint density at radius 1 is 1.32 bits per heavy atom. The Kier molecular flexibility index (Phi) is 2.64. The van der Waals surface area contributed by atoms with E-state index in [1.165, 1.54) is 0 Å². The normalized spacial score (nSPS) is 29.5. The minimum Gasteiger partial charge on any atom is -0.386 e. The summed E-state index contributed by atoms with van der Waals surface area (Å²) in [5.74, 6) is -0.629. The first-order valence-electron chi connectivity index (χ1n) is 7.56. The van der Waals surface area contributed by atoms with E-state index in [1.807, 2.05) is 24.3 Å². The van der Waals surface area contributed by atoms with E-state index in [1.54, 1.807) is 0 Å². The van der Waals surface area contributed by atoms with Crippen molar-refractivity contribution in [1.82, 2.24) is 0 Å². The van der Waals surface area contributed by atoms with Crippen LogP contribution in [0.5, 0.6) is 0 Å². The number of rotatable bonds is 0. The molecule has 2 atom stereocenters. The molecular weight excluding hydrogens is 276 g/mol. The molecule has 5 heteroatoms. The summed E-state index contributed by atoms with van der Waals surface area (Å²) in [4.78, 5) is 17.4. The number of nitrogens with one attached hydrogen (secondary N) is 1. The summed E-state index contributed by atoms with van der Waals surface area (Å²) in [5, 5.41) is 12.6. The number of nitrogens with two attached hydrogens (primary N) is 1. The van der Waals surface area contributed by atoms with Crippen LogP contribution in [0.2, 0.25) is 0 Å². The van der Waals surface area contributed by atoms with Gasteiger partial charge >= 0.3 is 0 Å². The van der Waals surface area contributed by atoms with E-state index in [2.05, 4.69) is 16.4 Å². The van der Waals surface area contributed by atoms with Crippen LogP contribution in [0.15, 0.2) is 40.5 Å². The van der Waals surface area contributed by atoms with Crippen molar-refractivity contribution >= 4 is 17.4 Å². The highest BCUT2D eigenvalue weighted by Gasteiger charge is 2.58. The molecule has 0 bridgehead atoms. The number of anilines is 1. The molecule has 4 rings (SSSR count). The zero-order valence-electron chi connectivity index (χ0n) is 12.1. The maximum absolute atomic E-state index is 13.0. The molecule has 0 saturated heterocycles. The van der Waals surface area contributed by atoms with Crippen molar-refractivity contribution in [2.45, 2.75) is 31.1 Å². The summed E-state index contributed by atoms with van der Waals surface area (Å²) >= 11 is 0. The largest absolute Gasteiger partial charge is 0.386 e. The third kappa shape index (κ3) is 1.42. The van der Waals surface area contributed by atoms with Crippen LogP contribution in [-0.2, 0) is 10.2 Å². The Morgan fingerprint density at radius 2 is 2.09 bits per heavy atom. The first-order valence-corrected chi connectivity index (χ1v) is 7.56. The first kappa shape index (κ1) is 13.1. The summed E-state index contributed by atoms with van der Waals surface area (Å²) in [6.45, 7) is 0. The van der Waals surface area contributed by atoms with E-state index in [-0.39, 0.29) is 11.7 Å². The van der Waals surface area contributed by atoms with Gasteiger partial charge in [-0.15, -0.1) is 0 Å². The number of hydrogen-bond acceptors (Lipinski definition) is 4. The minimum atomic E-state index is -0.993. The average molecular weight is 292 g/mol. The smallest absolute Gasteiger partial charge is 0.241 e. The van der Waals surface area contributed by atoms with Gasteiger partial charge in [0.15, 0.2) is 0 Å². The Balaban J connectivity index is 2.06. The fourth-order valence-electron chi connectivity index (χ4n) is 4.08. The van der Waals surface area contributed by atoms with Crippen molar-refractivity contribution in [3.63, 3.8) is 0 Å². The van der Waals surface area contributed by atoms with Gasteiger partial charge in [0.2, 0.25) is 5.91 Å². The molecule has 1 aliphatic carbocycles. The number of carbonyl (C=O) groups is 1. The molecule has 22 heavy (non-hydrogen) atoms. The summed E-state index contributed by atoms with van der Waals surface area (Å²) in [7, 11) is 0. The number of fused-ring (bicyclic) bond motifs is 3. The van der Waals surface area contributed by atoms with E-state index in [0.29, 0.717) is 0 Å². The van der Waals surface area contributed by atoms with Gasteiger partial charge in [-0.05, 0) is 42.9 Å². The van der Waals surface area contributed by atoms with Crippen molar-refractivity contribution in [2.75, 3.05) is 5.32 Å². The van der Waals surface area contributed by atoms with Crippen LogP contribution in [0.3, 0.4) is 0 Å². The van der Waals surface area contributed by atoms with E-state index >= 15 is 0 Å². The van der Waals surface area contributed by atoms with E-state index in [9.17, 15) is 10.1 Å². The fraction of sp³-hybridized carbons (Fsp3) is 0.353. The highest BCUT2D eigenvalue weighted by Crippen LogP contribution is 2.53. The molecule has 1 aromatic rings. The molecule has 2 aliphatic heterocycles. The quantitative estimate of drug-likeness (QED) is 0.768. The van der Waals surface area contributed by atoms with Gasteiger partial charge in [-0.3, -0.25) is 4.79 Å². The molecule has 3 N–H and O–H groups in total. The predicted molar refractivity (Wildman–Crippen MR) is 83.0 cm³/mol. The summed E-state index contributed by atoms with van der Waals surface area (Å²) in [6, 6.07) is 9.83. The summed E-state index contributed by atoms with van der Waals surface area (Å²) < 4.78 is 0. The summed E-state index contributed by atoms with van der Waals surface area (Å²) in [5.41, 5.74) is 8.62. The molecule has 110 valence electrons. The molecule has 1 aromatic carbocycles. The number of amides is 1. The van der Waals surface area contributed by atoms with Gasteiger partial charge in [0.05, 0.1) is 6.07 Å². The molecule has 1 unspecified atom stereocenters. The zero-order chi connectivity index (χ0) is 15.3. The van der Waals surface area contributed by atoms with E-state index in [0.717, 1.165) is 48.2 Å². The second kappa shape index (κ2) is 4.44. The molecule has 1 spiro atoms. The maximum Gasteiger partial charge on any atom is 0.241 e. The van der Waals surface area contributed by atoms with Crippen LogP contribution < -0.4 is 11.1 Å². The van der Waals surface area contributed by atoms with Crippen molar-refractivity contribution in [2.24, 2.45) is 16.6 Å². The minimum absolute atomic E-state index is 0.146. The maximum atomic E-state index is 13.0. The summed E-state index contributed by atoms with van der Waals surface area (Å²) in [6.07, 6.45) is 3.69. The Hall–Kier alpha value is -2.61. The molecule has 5 nitrogen and oxygen atoms in total. The highest BCUT2D eigenvalue weighted by atomic mass is 16.2. The predicted octanol–water partition coefficient (Wildman–Crippen LogP) is 2.22. The second-order valence-corrected chi connectivity index (χ2v) is 6.04. The molecule has 0 saturated carbocycles. The van der Waals surface area contributed by atoms with Gasteiger partial charge < -0.3 is 11.1 Å². The van der Waals surface area contributed by atoms with Crippen LogP contribution in [0.1, 0.15) is 31.2 Å². The Bertz CT molecular complexity index is 786. The second-order valence-electron chi connectivity index (χ2n) is 6.04. The number of hydrogen-bond donors (Lipinski definition) is 2. The van der Waals surface area contributed by atoms with Gasteiger partial charge in [0.1, 0.15) is 17.2 Å². The van der Waals surface area contributed by atoms with Gasteiger partial charge in [0.25, 0.3) is 0 Å². The average Bonchev–Trinajstić information content (AvgIpc) is 2.81. The van der Waals surface area contributed by atoms with E-state index < -0.39 is 11.3 Å². The molecule has 0 aromatic heterocycles. The molecule has 3 aliphatic rings. The highest BCUT2D eigenvalue weighted by molar-refractivity contribution is 6.13. The lowest BCUT2D eigenvalue weighted by molar-refractivity contribution is -0.120. The molecule has 1 amide bonds. The van der Waals surface area contributed by atoms with Gasteiger partial charge in [-0.1, -0.05) is 18.2 Å². The van der Waals surface area contributed by atoms with Crippen LogP contribution >= 0.6 is 0 Å². The number of carbonyl (C=O) groups excluding carboxylic acids is 1. The lowest BCUT2D eigenvalue weighted by atomic mass is 9.62. The third-order valence-corrected chi connectivity index (χ3v) is 4.99. The standard InChI is InChI=1S/C17H16N4O/c18-9-12-15(19)20-13-7-3-1-5-10(13)17(12)11-6-2-4-8-14(11)21-16(17)22/h2,4,6,8,12H,1,3,5,7H2,(H2,19,20)(H,21,22)/t12?,17-/m0/s1. The number of amidine groups is 1. The van der Waals surface area contributed by atoms with Crippen molar-refractivity contribution in [3.8, 4) is 6.07 Å². The van der Waals surface area contributed by atoms with Crippen molar-refractivity contribution < 1.29 is 4.79 Å². The number of nitrogens with zero attached hydrogens (tertiary/aromatic N) is 2.